The average Bonchev–Trinajstić information content (AvgIpc) is 2.55. The molecular formula is C16H26N2O3. The summed E-state index contributed by atoms with van der Waals surface area (Å²) in [6, 6.07) is 5.28. The first-order valence-electron chi connectivity index (χ1n) is 7.26. The van der Waals surface area contributed by atoms with E-state index < -0.39 is 0 Å². The first kappa shape index (κ1) is 17.3. The van der Waals surface area contributed by atoms with Gasteiger partial charge in [-0.1, -0.05) is 19.9 Å². The monoisotopic (exact) mass is 294 g/mol. The molecule has 5 nitrogen and oxygen atoms in total. The number of hydrogen-bond acceptors (Lipinski definition) is 4. The summed E-state index contributed by atoms with van der Waals surface area (Å²) in [6.07, 6.45) is 1.84. The zero-order valence-electron chi connectivity index (χ0n) is 13.4. The molecule has 118 valence electrons. The predicted molar refractivity (Wildman–Crippen MR) is 83.9 cm³/mol. The molecule has 1 rings (SSSR count). The van der Waals surface area contributed by atoms with E-state index in [1.807, 2.05) is 0 Å². The molecule has 0 radical (unpaired) electrons. The van der Waals surface area contributed by atoms with E-state index in [0.29, 0.717) is 30.2 Å². The number of methoxy groups -OCH3 is 2. The lowest BCUT2D eigenvalue weighted by atomic mass is 9.82. The molecule has 1 amide bonds. The molecule has 0 spiro atoms. The Bertz CT molecular complexity index is 440. The summed E-state index contributed by atoms with van der Waals surface area (Å²) in [4.78, 5) is 12.5. The summed E-state index contributed by atoms with van der Waals surface area (Å²) in [6.45, 7) is 5.26. The van der Waals surface area contributed by atoms with Gasteiger partial charge in [-0.25, -0.2) is 0 Å². The Labute approximate surface area is 126 Å². The van der Waals surface area contributed by atoms with Crippen LogP contribution in [-0.2, 0) is 0 Å². The lowest BCUT2D eigenvalue weighted by molar-refractivity contribution is 0.0922. The van der Waals surface area contributed by atoms with Crippen molar-refractivity contribution in [3.8, 4) is 11.5 Å². The summed E-state index contributed by atoms with van der Waals surface area (Å²) in [5.41, 5.74) is 6.22. The fraction of sp³-hybridized carbons (Fsp3) is 0.562. The SMILES string of the molecule is CCC(CC)(CN)CNC(=O)c1c(OC)cccc1OC. The lowest BCUT2D eigenvalue weighted by Gasteiger charge is -2.30. The normalized spacial score (nSPS) is 11.1. The molecular weight excluding hydrogens is 268 g/mol. The van der Waals surface area contributed by atoms with Gasteiger partial charge in [0.2, 0.25) is 0 Å². The first-order valence-corrected chi connectivity index (χ1v) is 7.26. The van der Waals surface area contributed by atoms with E-state index in [9.17, 15) is 4.79 Å². The van der Waals surface area contributed by atoms with E-state index in [1.54, 1.807) is 18.2 Å². The summed E-state index contributed by atoms with van der Waals surface area (Å²) >= 11 is 0. The second-order valence-corrected chi connectivity index (χ2v) is 5.13. The highest BCUT2D eigenvalue weighted by molar-refractivity contribution is 5.99. The number of carbonyl (C=O) groups is 1. The van der Waals surface area contributed by atoms with Crippen molar-refractivity contribution in [1.82, 2.24) is 5.32 Å². The van der Waals surface area contributed by atoms with E-state index in [2.05, 4.69) is 19.2 Å². The van der Waals surface area contributed by atoms with Gasteiger partial charge in [-0.05, 0) is 36.9 Å². The highest BCUT2D eigenvalue weighted by Crippen LogP contribution is 2.29. The molecule has 3 N–H and O–H groups in total. The molecule has 0 aliphatic rings. The van der Waals surface area contributed by atoms with Gasteiger partial charge in [-0.15, -0.1) is 0 Å². The van der Waals surface area contributed by atoms with Crippen LogP contribution in [0.2, 0.25) is 0 Å². The van der Waals surface area contributed by atoms with E-state index in [0.717, 1.165) is 12.8 Å². The van der Waals surface area contributed by atoms with Gasteiger partial charge in [-0.3, -0.25) is 4.79 Å². The summed E-state index contributed by atoms with van der Waals surface area (Å²) in [5, 5.41) is 2.96. The highest BCUT2D eigenvalue weighted by atomic mass is 16.5. The number of benzene rings is 1. The number of hydrogen-bond donors (Lipinski definition) is 2. The van der Waals surface area contributed by atoms with Gasteiger partial charge in [0, 0.05) is 6.54 Å². The molecule has 0 heterocycles. The number of nitrogens with two attached hydrogens (primary N) is 1. The van der Waals surface area contributed by atoms with Crippen LogP contribution < -0.4 is 20.5 Å². The van der Waals surface area contributed by atoms with Gasteiger partial charge >= 0.3 is 0 Å². The Hall–Kier alpha value is -1.75. The Balaban J connectivity index is 2.94. The zero-order chi connectivity index (χ0) is 15.9. The quantitative estimate of drug-likeness (QED) is 0.771. The number of rotatable bonds is 8. The molecule has 1 aromatic carbocycles. The standard InChI is InChI=1S/C16H26N2O3/c1-5-16(6-2,10-17)11-18-15(19)14-12(20-3)8-7-9-13(14)21-4/h7-9H,5-6,10-11,17H2,1-4H3,(H,18,19). The maximum atomic E-state index is 12.5. The van der Waals surface area contributed by atoms with Gasteiger partial charge in [0.25, 0.3) is 5.91 Å². The third-order valence-electron chi connectivity index (χ3n) is 4.21. The first-order chi connectivity index (χ1) is 10.1. The summed E-state index contributed by atoms with van der Waals surface area (Å²) < 4.78 is 10.5. The van der Waals surface area contributed by atoms with E-state index in [1.165, 1.54) is 14.2 Å². The number of carbonyl (C=O) groups excluding carboxylic acids is 1. The molecule has 0 aromatic heterocycles. The Morgan fingerprint density at radius 2 is 1.71 bits per heavy atom. The second kappa shape index (κ2) is 7.88. The van der Waals surface area contributed by atoms with Crippen LogP contribution >= 0.6 is 0 Å². The molecule has 1 aromatic rings. The minimum Gasteiger partial charge on any atom is -0.496 e. The lowest BCUT2D eigenvalue weighted by Crippen LogP contribution is -2.42. The highest BCUT2D eigenvalue weighted by Gasteiger charge is 2.26. The van der Waals surface area contributed by atoms with Crippen LogP contribution in [0, 0.1) is 5.41 Å². The van der Waals surface area contributed by atoms with Crippen molar-refractivity contribution in [1.29, 1.82) is 0 Å². The van der Waals surface area contributed by atoms with E-state index in [-0.39, 0.29) is 11.3 Å². The Morgan fingerprint density at radius 1 is 1.19 bits per heavy atom. The van der Waals surface area contributed by atoms with Crippen molar-refractivity contribution in [2.45, 2.75) is 26.7 Å². The second-order valence-electron chi connectivity index (χ2n) is 5.13. The van der Waals surface area contributed by atoms with Crippen molar-refractivity contribution in [2.24, 2.45) is 11.1 Å². The van der Waals surface area contributed by atoms with Crippen LogP contribution in [-0.4, -0.2) is 33.2 Å². The molecule has 5 heteroatoms. The van der Waals surface area contributed by atoms with Crippen molar-refractivity contribution in [3.63, 3.8) is 0 Å². The van der Waals surface area contributed by atoms with Gasteiger partial charge in [-0.2, -0.15) is 0 Å². The van der Waals surface area contributed by atoms with Gasteiger partial charge in [0.1, 0.15) is 17.1 Å². The van der Waals surface area contributed by atoms with E-state index in [4.69, 9.17) is 15.2 Å². The van der Waals surface area contributed by atoms with Crippen molar-refractivity contribution in [3.05, 3.63) is 23.8 Å². The molecule has 0 unspecified atom stereocenters. The number of amides is 1. The van der Waals surface area contributed by atoms with Crippen LogP contribution in [0.5, 0.6) is 11.5 Å². The Kier molecular flexibility index (Phi) is 6.49. The molecule has 0 bridgehead atoms. The molecule has 0 saturated heterocycles. The van der Waals surface area contributed by atoms with Gasteiger partial charge in [0.15, 0.2) is 0 Å². The largest absolute Gasteiger partial charge is 0.496 e. The molecule has 0 fully saturated rings. The van der Waals surface area contributed by atoms with Crippen LogP contribution in [0.3, 0.4) is 0 Å². The van der Waals surface area contributed by atoms with E-state index >= 15 is 0 Å². The topological polar surface area (TPSA) is 73.6 Å². The summed E-state index contributed by atoms with van der Waals surface area (Å²) in [5.74, 6) is 0.792. The maximum absolute atomic E-state index is 12.5. The smallest absolute Gasteiger partial charge is 0.258 e. The van der Waals surface area contributed by atoms with Crippen LogP contribution in [0.4, 0.5) is 0 Å². The van der Waals surface area contributed by atoms with Gasteiger partial charge < -0.3 is 20.5 Å². The minimum atomic E-state index is -0.205. The molecule has 0 atom stereocenters. The molecule has 21 heavy (non-hydrogen) atoms. The molecule has 0 aliphatic carbocycles. The van der Waals surface area contributed by atoms with Crippen LogP contribution in [0.15, 0.2) is 18.2 Å². The number of nitrogens with one attached hydrogen (secondary N) is 1. The van der Waals surface area contributed by atoms with Crippen LogP contribution in [0.1, 0.15) is 37.0 Å². The van der Waals surface area contributed by atoms with Crippen molar-refractivity contribution in [2.75, 3.05) is 27.3 Å². The predicted octanol–water partition coefficient (Wildman–Crippen LogP) is 2.20. The van der Waals surface area contributed by atoms with Crippen LogP contribution in [0.25, 0.3) is 0 Å². The maximum Gasteiger partial charge on any atom is 0.258 e. The fourth-order valence-corrected chi connectivity index (χ4v) is 2.29. The third-order valence-corrected chi connectivity index (χ3v) is 4.21. The fourth-order valence-electron chi connectivity index (χ4n) is 2.29. The summed E-state index contributed by atoms with van der Waals surface area (Å²) in [7, 11) is 3.07. The minimum absolute atomic E-state index is 0.0646. The third kappa shape index (κ3) is 3.88. The molecule has 0 aliphatic heterocycles. The zero-order valence-corrected chi connectivity index (χ0v) is 13.4. The van der Waals surface area contributed by atoms with Crippen molar-refractivity contribution < 1.29 is 14.3 Å². The Morgan fingerprint density at radius 3 is 2.10 bits per heavy atom. The number of ether oxygens (including phenoxy) is 2. The van der Waals surface area contributed by atoms with Gasteiger partial charge in [0.05, 0.1) is 14.2 Å². The van der Waals surface area contributed by atoms with Crippen molar-refractivity contribution >= 4 is 5.91 Å². The molecule has 0 saturated carbocycles. The average molecular weight is 294 g/mol.